The summed E-state index contributed by atoms with van der Waals surface area (Å²) in [5, 5.41) is 0.980. The van der Waals surface area contributed by atoms with Crippen molar-refractivity contribution < 1.29 is 4.79 Å². The molecule has 0 atom stereocenters. The highest BCUT2D eigenvalue weighted by molar-refractivity contribution is 5.91. The van der Waals surface area contributed by atoms with Crippen molar-refractivity contribution in [2.45, 2.75) is 12.8 Å². The second-order valence-electron chi connectivity index (χ2n) is 5.03. The Labute approximate surface area is 129 Å². The van der Waals surface area contributed by atoms with E-state index in [-0.39, 0.29) is 5.91 Å². The van der Waals surface area contributed by atoms with Crippen LogP contribution in [-0.4, -0.2) is 10.9 Å². The number of fused-ring (bicyclic) bond motifs is 1. The zero-order valence-electron chi connectivity index (χ0n) is 12.1. The molecule has 22 heavy (non-hydrogen) atoms. The SMILES string of the molecule is O=C(CCc1ccccc1)NNc1ccnc2ccccc12. The van der Waals surface area contributed by atoms with Gasteiger partial charge in [0.2, 0.25) is 5.91 Å². The molecule has 110 valence electrons. The van der Waals surface area contributed by atoms with E-state index in [2.05, 4.69) is 15.8 Å². The summed E-state index contributed by atoms with van der Waals surface area (Å²) < 4.78 is 0. The number of anilines is 1. The molecule has 3 rings (SSSR count). The highest BCUT2D eigenvalue weighted by atomic mass is 16.2. The van der Waals surface area contributed by atoms with Gasteiger partial charge < -0.3 is 0 Å². The first kappa shape index (κ1) is 14.1. The van der Waals surface area contributed by atoms with Crippen LogP contribution >= 0.6 is 0 Å². The van der Waals surface area contributed by atoms with Gasteiger partial charge in [-0.2, -0.15) is 0 Å². The Morgan fingerprint density at radius 1 is 0.955 bits per heavy atom. The van der Waals surface area contributed by atoms with E-state index in [9.17, 15) is 4.79 Å². The highest BCUT2D eigenvalue weighted by Crippen LogP contribution is 2.19. The molecule has 1 aromatic heterocycles. The summed E-state index contributed by atoms with van der Waals surface area (Å²) in [5.41, 5.74) is 8.63. The van der Waals surface area contributed by atoms with Crippen molar-refractivity contribution >= 4 is 22.5 Å². The Morgan fingerprint density at radius 2 is 1.73 bits per heavy atom. The number of pyridine rings is 1. The summed E-state index contributed by atoms with van der Waals surface area (Å²) in [6.45, 7) is 0. The number of hydrazine groups is 1. The minimum Gasteiger partial charge on any atom is -0.298 e. The fraction of sp³-hybridized carbons (Fsp3) is 0.111. The molecule has 2 aromatic carbocycles. The van der Waals surface area contributed by atoms with Crippen LogP contribution in [0.2, 0.25) is 0 Å². The largest absolute Gasteiger partial charge is 0.298 e. The summed E-state index contributed by atoms with van der Waals surface area (Å²) in [7, 11) is 0. The molecule has 3 aromatic rings. The molecule has 0 spiro atoms. The molecular weight excluding hydrogens is 274 g/mol. The second-order valence-corrected chi connectivity index (χ2v) is 5.03. The number of benzene rings is 2. The van der Waals surface area contributed by atoms with Crippen LogP contribution in [0.3, 0.4) is 0 Å². The summed E-state index contributed by atoms with van der Waals surface area (Å²) in [6.07, 6.45) is 2.90. The topological polar surface area (TPSA) is 54.0 Å². The van der Waals surface area contributed by atoms with Crippen LogP contribution in [0.5, 0.6) is 0 Å². The molecule has 4 nitrogen and oxygen atoms in total. The van der Waals surface area contributed by atoms with E-state index in [1.165, 1.54) is 0 Å². The quantitative estimate of drug-likeness (QED) is 0.709. The number of amides is 1. The van der Waals surface area contributed by atoms with Crippen LogP contribution in [0, 0.1) is 0 Å². The van der Waals surface area contributed by atoms with Gasteiger partial charge >= 0.3 is 0 Å². The molecule has 1 heterocycles. The van der Waals surface area contributed by atoms with E-state index < -0.39 is 0 Å². The zero-order chi connectivity index (χ0) is 15.2. The van der Waals surface area contributed by atoms with Gasteiger partial charge in [-0.05, 0) is 24.1 Å². The molecular formula is C18H17N3O. The van der Waals surface area contributed by atoms with E-state index in [1.807, 2.05) is 60.7 Å². The molecule has 0 radical (unpaired) electrons. The Balaban J connectivity index is 1.58. The number of aryl methyl sites for hydroxylation is 1. The van der Waals surface area contributed by atoms with Gasteiger partial charge in [0.05, 0.1) is 11.2 Å². The summed E-state index contributed by atoms with van der Waals surface area (Å²) in [6, 6.07) is 19.6. The predicted molar refractivity (Wildman–Crippen MR) is 88.3 cm³/mol. The summed E-state index contributed by atoms with van der Waals surface area (Å²) >= 11 is 0. The maximum atomic E-state index is 11.9. The first-order valence-corrected chi connectivity index (χ1v) is 7.25. The van der Waals surface area contributed by atoms with Gasteiger partial charge in [0.15, 0.2) is 0 Å². The molecule has 4 heteroatoms. The third-order valence-corrected chi connectivity index (χ3v) is 3.47. The predicted octanol–water partition coefficient (Wildman–Crippen LogP) is 3.31. The standard InChI is InChI=1S/C18H17N3O/c22-18(11-10-14-6-2-1-3-7-14)21-20-17-12-13-19-16-9-5-4-8-15(16)17/h1-9,12-13H,10-11H2,(H,19,20)(H,21,22). The van der Waals surface area contributed by atoms with Crippen molar-refractivity contribution in [3.63, 3.8) is 0 Å². The van der Waals surface area contributed by atoms with Gasteiger partial charge in [0, 0.05) is 18.0 Å². The monoisotopic (exact) mass is 291 g/mol. The van der Waals surface area contributed by atoms with Crippen LogP contribution in [-0.2, 0) is 11.2 Å². The molecule has 0 fully saturated rings. The van der Waals surface area contributed by atoms with Gasteiger partial charge in [-0.1, -0.05) is 48.5 Å². The lowest BCUT2D eigenvalue weighted by molar-refractivity contribution is -0.120. The number of hydrogen-bond acceptors (Lipinski definition) is 3. The molecule has 0 saturated heterocycles. The lowest BCUT2D eigenvalue weighted by Crippen LogP contribution is -2.29. The Hall–Kier alpha value is -2.88. The average molecular weight is 291 g/mol. The van der Waals surface area contributed by atoms with Gasteiger partial charge in [-0.3, -0.25) is 20.6 Å². The third kappa shape index (κ3) is 3.41. The van der Waals surface area contributed by atoms with E-state index in [1.54, 1.807) is 6.20 Å². The molecule has 0 aliphatic heterocycles. The van der Waals surface area contributed by atoms with Crippen LogP contribution in [0.15, 0.2) is 66.9 Å². The van der Waals surface area contributed by atoms with Crippen LogP contribution < -0.4 is 10.9 Å². The summed E-state index contributed by atoms with van der Waals surface area (Å²) in [4.78, 5) is 16.2. The minimum absolute atomic E-state index is 0.0373. The van der Waals surface area contributed by atoms with Crippen LogP contribution in [0.25, 0.3) is 10.9 Å². The van der Waals surface area contributed by atoms with E-state index in [0.717, 1.165) is 28.6 Å². The molecule has 0 aliphatic carbocycles. The lowest BCUT2D eigenvalue weighted by atomic mass is 10.1. The number of hydrogen-bond donors (Lipinski definition) is 2. The molecule has 0 aliphatic rings. The minimum atomic E-state index is -0.0373. The zero-order valence-corrected chi connectivity index (χ0v) is 12.1. The Kier molecular flexibility index (Phi) is 4.30. The smallest absolute Gasteiger partial charge is 0.238 e. The number of carbonyl (C=O) groups is 1. The molecule has 1 amide bonds. The van der Waals surface area contributed by atoms with Gasteiger partial charge in [-0.25, -0.2) is 0 Å². The van der Waals surface area contributed by atoms with E-state index in [0.29, 0.717) is 6.42 Å². The van der Waals surface area contributed by atoms with Gasteiger partial charge in [0.25, 0.3) is 0 Å². The number of carbonyl (C=O) groups excluding carboxylic acids is 1. The first-order chi connectivity index (χ1) is 10.8. The average Bonchev–Trinajstić information content (AvgIpc) is 2.59. The molecule has 0 bridgehead atoms. The fourth-order valence-electron chi connectivity index (χ4n) is 2.31. The highest BCUT2D eigenvalue weighted by Gasteiger charge is 2.04. The number of para-hydroxylation sites is 1. The van der Waals surface area contributed by atoms with Crippen molar-refractivity contribution in [2.75, 3.05) is 5.43 Å². The molecule has 0 unspecified atom stereocenters. The Morgan fingerprint density at radius 3 is 2.59 bits per heavy atom. The lowest BCUT2D eigenvalue weighted by Gasteiger charge is -2.10. The fourth-order valence-corrected chi connectivity index (χ4v) is 2.31. The van der Waals surface area contributed by atoms with Crippen molar-refractivity contribution in [1.82, 2.24) is 10.4 Å². The van der Waals surface area contributed by atoms with Crippen molar-refractivity contribution in [3.05, 3.63) is 72.4 Å². The van der Waals surface area contributed by atoms with Gasteiger partial charge in [0.1, 0.15) is 0 Å². The molecule has 0 saturated carbocycles. The third-order valence-electron chi connectivity index (χ3n) is 3.47. The Bertz CT molecular complexity index is 766. The van der Waals surface area contributed by atoms with E-state index in [4.69, 9.17) is 0 Å². The summed E-state index contributed by atoms with van der Waals surface area (Å²) in [5.74, 6) is -0.0373. The van der Waals surface area contributed by atoms with Crippen LogP contribution in [0.1, 0.15) is 12.0 Å². The maximum absolute atomic E-state index is 11.9. The maximum Gasteiger partial charge on any atom is 0.238 e. The normalized spacial score (nSPS) is 10.4. The second kappa shape index (κ2) is 6.72. The number of nitrogens with one attached hydrogen (secondary N) is 2. The van der Waals surface area contributed by atoms with E-state index >= 15 is 0 Å². The van der Waals surface area contributed by atoms with Crippen LogP contribution in [0.4, 0.5) is 5.69 Å². The van der Waals surface area contributed by atoms with Crippen molar-refractivity contribution in [3.8, 4) is 0 Å². The number of rotatable bonds is 5. The van der Waals surface area contributed by atoms with Crippen molar-refractivity contribution in [2.24, 2.45) is 0 Å². The van der Waals surface area contributed by atoms with Gasteiger partial charge in [-0.15, -0.1) is 0 Å². The first-order valence-electron chi connectivity index (χ1n) is 7.25. The number of aromatic nitrogens is 1. The number of nitrogens with zero attached hydrogens (tertiary/aromatic N) is 1. The van der Waals surface area contributed by atoms with Crippen molar-refractivity contribution in [1.29, 1.82) is 0 Å². The molecule has 2 N–H and O–H groups in total.